The van der Waals surface area contributed by atoms with Crippen LogP contribution in [0.15, 0.2) is 0 Å². The average molecular weight is 163 g/mol. The summed E-state index contributed by atoms with van der Waals surface area (Å²) in [4.78, 5) is 0. The van der Waals surface area contributed by atoms with E-state index < -0.39 is 0 Å². The van der Waals surface area contributed by atoms with Crippen LogP contribution >= 0.6 is 0 Å². The van der Waals surface area contributed by atoms with Crippen molar-refractivity contribution in [1.29, 1.82) is 0 Å². The molecule has 0 aromatic carbocycles. The van der Waals surface area contributed by atoms with Gasteiger partial charge in [0.25, 0.3) is 0 Å². The summed E-state index contributed by atoms with van der Waals surface area (Å²) in [7, 11) is 0. The summed E-state index contributed by atoms with van der Waals surface area (Å²) in [5.74, 6) is 0. The number of rotatable bonds is 4. The minimum Gasteiger partial charge on any atom is -0.395 e. The van der Waals surface area contributed by atoms with Gasteiger partial charge in [0.05, 0.1) is 19.3 Å². The van der Waals surface area contributed by atoms with Crippen molar-refractivity contribution in [1.82, 2.24) is 5.32 Å². The van der Waals surface area contributed by atoms with Crippen molar-refractivity contribution in [2.45, 2.75) is 33.2 Å². The lowest BCUT2D eigenvalue weighted by molar-refractivity contribution is 0.172. The van der Waals surface area contributed by atoms with Crippen LogP contribution in [0.25, 0.3) is 0 Å². The Hall–Kier alpha value is -0.120. The molecule has 0 amide bonds. The Kier molecular flexibility index (Phi) is 15.4. The predicted octanol–water partition coefficient (Wildman–Crippen LogP) is 0.365. The molecule has 0 spiro atoms. The molecule has 0 bridgehead atoms. The van der Waals surface area contributed by atoms with E-state index in [1.54, 1.807) is 0 Å². The quantitative estimate of drug-likeness (QED) is 0.561. The third-order valence-electron chi connectivity index (χ3n) is 0.934. The smallest absolute Gasteiger partial charge is 0.0607 e. The molecule has 0 rings (SSSR count). The van der Waals surface area contributed by atoms with E-state index in [9.17, 15) is 0 Å². The number of hydrogen-bond donors (Lipinski definition) is 3. The van der Waals surface area contributed by atoms with Crippen LogP contribution in [0.2, 0.25) is 0 Å². The third-order valence-corrected chi connectivity index (χ3v) is 0.934. The van der Waals surface area contributed by atoms with Crippen LogP contribution in [-0.4, -0.2) is 36.0 Å². The topological polar surface area (TPSA) is 52.5 Å². The monoisotopic (exact) mass is 163 g/mol. The van der Waals surface area contributed by atoms with E-state index in [0.717, 1.165) is 6.54 Å². The van der Waals surface area contributed by atoms with Gasteiger partial charge in [-0.15, -0.1) is 0 Å². The van der Waals surface area contributed by atoms with Crippen molar-refractivity contribution >= 4 is 0 Å². The highest BCUT2D eigenvalue weighted by atomic mass is 16.3. The lowest BCUT2D eigenvalue weighted by Crippen LogP contribution is -2.35. The van der Waals surface area contributed by atoms with Gasteiger partial charge in [-0.05, 0) is 6.54 Å². The van der Waals surface area contributed by atoms with E-state index >= 15 is 0 Å². The molecule has 0 aromatic rings. The van der Waals surface area contributed by atoms with E-state index in [1.807, 2.05) is 6.92 Å². The minimum absolute atomic E-state index is 0.00431. The van der Waals surface area contributed by atoms with Gasteiger partial charge >= 0.3 is 0 Å². The Balaban J connectivity index is 0. The van der Waals surface area contributed by atoms with E-state index in [-0.39, 0.29) is 19.3 Å². The zero-order valence-corrected chi connectivity index (χ0v) is 7.80. The summed E-state index contributed by atoms with van der Waals surface area (Å²) in [5.41, 5.74) is 0. The van der Waals surface area contributed by atoms with E-state index in [0.29, 0.717) is 0 Å². The first-order valence-corrected chi connectivity index (χ1v) is 4.21. The Bertz CT molecular complexity index is 56.1. The minimum atomic E-state index is -0.139. The van der Waals surface area contributed by atoms with Crippen molar-refractivity contribution in [3.63, 3.8) is 0 Å². The molecule has 0 aliphatic rings. The van der Waals surface area contributed by atoms with Gasteiger partial charge in [0.2, 0.25) is 0 Å². The van der Waals surface area contributed by atoms with Crippen LogP contribution in [0, 0.1) is 0 Å². The van der Waals surface area contributed by atoms with Crippen LogP contribution in [0.1, 0.15) is 27.2 Å². The highest BCUT2D eigenvalue weighted by Crippen LogP contribution is 1.75. The van der Waals surface area contributed by atoms with Gasteiger partial charge in [0.15, 0.2) is 0 Å². The number of aliphatic hydroxyl groups is 2. The summed E-state index contributed by atoms with van der Waals surface area (Å²) in [6.45, 7) is 6.97. The summed E-state index contributed by atoms with van der Waals surface area (Å²) in [5, 5.41) is 19.8. The highest BCUT2D eigenvalue weighted by Gasteiger charge is 1.99. The van der Waals surface area contributed by atoms with E-state index in [4.69, 9.17) is 10.2 Å². The summed E-state index contributed by atoms with van der Waals surface area (Å²) in [6, 6.07) is -0.139. The fourth-order valence-electron chi connectivity index (χ4n) is 0.476. The van der Waals surface area contributed by atoms with Gasteiger partial charge in [-0.25, -0.2) is 0 Å². The van der Waals surface area contributed by atoms with E-state index in [1.165, 1.54) is 6.42 Å². The van der Waals surface area contributed by atoms with Crippen molar-refractivity contribution < 1.29 is 10.2 Å². The normalized spacial score (nSPS) is 9.27. The Morgan fingerprint density at radius 1 is 1.09 bits per heavy atom. The Morgan fingerprint density at radius 3 is 1.55 bits per heavy atom. The summed E-state index contributed by atoms with van der Waals surface area (Å²) < 4.78 is 0. The first-order chi connectivity index (χ1) is 5.26. The Labute approximate surface area is 69.4 Å². The van der Waals surface area contributed by atoms with Crippen molar-refractivity contribution in [2.24, 2.45) is 0 Å². The molecule has 3 N–H and O–H groups in total. The molecule has 11 heavy (non-hydrogen) atoms. The maximum Gasteiger partial charge on any atom is 0.0607 e. The van der Waals surface area contributed by atoms with Crippen LogP contribution in [0.5, 0.6) is 0 Å². The summed E-state index contributed by atoms with van der Waals surface area (Å²) >= 11 is 0. The number of likely N-dealkylation sites (N-methyl/N-ethyl adjacent to an activating group) is 1. The first kappa shape index (κ1) is 13.5. The standard InChI is InChI=1S/C5H13NO2.C3H8/c1-2-6-5(3-7)4-8;1-3-2/h5-8H,2-4H2,1H3;3H2,1-2H3. The zero-order valence-electron chi connectivity index (χ0n) is 7.80. The third kappa shape index (κ3) is 13.0. The molecular weight excluding hydrogens is 142 g/mol. The van der Waals surface area contributed by atoms with Gasteiger partial charge < -0.3 is 15.5 Å². The van der Waals surface area contributed by atoms with Crippen molar-refractivity contribution in [2.75, 3.05) is 19.8 Å². The molecule has 0 radical (unpaired) electrons. The molecule has 70 valence electrons. The fraction of sp³-hybridized carbons (Fsp3) is 1.00. The number of nitrogens with one attached hydrogen (secondary N) is 1. The predicted molar refractivity (Wildman–Crippen MR) is 47.6 cm³/mol. The molecule has 0 heterocycles. The van der Waals surface area contributed by atoms with Gasteiger partial charge in [-0.3, -0.25) is 0 Å². The molecule has 0 atom stereocenters. The molecule has 0 aliphatic carbocycles. The molecule has 0 fully saturated rings. The molecule has 0 aliphatic heterocycles. The first-order valence-electron chi connectivity index (χ1n) is 4.21. The number of aliphatic hydroxyl groups excluding tert-OH is 2. The molecule has 0 saturated heterocycles. The maximum absolute atomic E-state index is 8.43. The van der Waals surface area contributed by atoms with Gasteiger partial charge in [-0.2, -0.15) is 0 Å². The molecule has 3 nitrogen and oxygen atoms in total. The summed E-state index contributed by atoms with van der Waals surface area (Å²) in [6.07, 6.45) is 1.25. The SMILES string of the molecule is CCC.CCNC(CO)CO. The average Bonchev–Trinajstić information content (AvgIpc) is 2.02. The second-order valence-corrected chi connectivity index (χ2v) is 2.33. The zero-order chi connectivity index (χ0) is 9.11. The van der Waals surface area contributed by atoms with Crippen molar-refractivity contribution in [3.8, 4) is 0 Å². The van der Waals surface area contributed by atoms with Crippen molar-refractivity contribution in [3.05, 3.63) is 0 Å². The van der Waals surface area contributed by atoms with Gasteiger partial charge in [0.1, 0.15) is 0 Å². The fourth-order valence-corrected chi connectivity index (χ4v) is 0.476. The van der Waals surface area contributed by atoms with Crippen LogP contribution in [0.3, 0.4) is 0 Å². The van der Waals surface area contributed by atoms with Gasteiger partial charge in [0, 0.05) is 0 Å². The lowest BCUT2D eigenvalue weighted by Gasteiger charge is -2.09. The maximum atomic E-state index is 8.43. The molecular formula is C8H21NO2. The Morgan fingerprint density at radius 2 is 1.45 bits per heavy atom. The van der Waals surface area contributed by atoms with Crippen LogP contribution in [0.4, 0.5) is 0 Å². The second-order valence-electron chi connectivity index (χ2n) is 2.33. The lowest BCUT2D eigenvalue weighted by atomic mass is 10.3. The molecule has 0 unspecified atom stereocenters. The molecule has 3 heteroatoms. The van der Waals surface area contributed by atoms with E-state index in [2.05, 4.69) is 19.2 Å². The molecule has 0 saturated carbocycles. The largest absolute Gasteiger partial charge is 0.395 e. The highest BCUT2D eigenvalue weighted by molar-refractivity contribution is 4.60. The number of hydrogen-bond acceptors (Lipinski definition) is 3. The molecule has 0 aromatic heterocycles. The van der Waals surface area contributed by atoms with Crippen LogP contribution in [-0.2, 0) is 0 Å². The van der Waals surface area contributed by atoms with Crippen LogP contribution < -0.4 is 5.32 Å². The van der Waals surface area contributed by atoms with Gasteiger partial charge in [-0.1, -0.05) is 27.2 Å². The second kappa shape index (κ2) is 12.5.